The molecule has 0 aliphatic heterocycles. The van der Waals surface area contributed by atoms with Crippen molar-refractivity contribution >= 4 is 34.8 Å². The van der Waals surface area contributed by atoms with E-state index in [4.69, 9.17) is 28.9 Å². The number of hydrogen-bond acceptors (Lipinski definition) is 1. The van der Waals surface area contributed by atoms with Gasteiger partial charge >= 0.3 is 0 Å². The number of halogens is 2. The van der Waals surface area contributed by atoms with Crippen LogP contribution < -0.4 is 11.1 Å². The molecule has 0 heterocycles. The largest absolute Gasteiger partial charge is 0.370 e. The molecule has 0 atom stereocenters. The monoisotopic (exact) mass is 217 g/mol. The lowest BCUT2D eigenvalue weighted by Gasteiger charge is -2.06. The molecule has 0 aliphatic carbocycles. The highest BCUT2D eigenvalue weighted by Gasteiger charge is 2.01. The van der Waals surface area contributed by atoms with Crippen molar-refractivity contribution in [3.8, 4) is 0 Å². The maximum absolute atomic E-state index is 5.87. The summed E-state index contributed by atoms with van der Waals surface area (Å²) in [6, 6.07) is 5.07. The third-order valence-corrected chi connectivity index (χ3v) is 2.00. The first-order chi connectivity index (χ1) is 6.13. The summed E-state index contributed by atoms with van der Waals surface area (Å²) in [5.41, 5.74) is 6.11. The molecule has 0 amide bonds. The lowest BCUT2D eigenvalue weighted by Crippen LogP contribution is -2.22. The Hall–Kier alpha value is -0.930. The Morgan fingerprint density at radius 1 is 1.46 bits per heavy atom. The standard InChI is InChI=1S/C8H9Cl2N3/c1-12-8(11)13-7-4-5(9)2-3-6(7)10/h2-4H,1H3,(H3,11,12,13). The van der Waals surface area contributed by atoms with Gasteiger partial charge in [0.25, 0.3) is 0 Å². The van der Waals surface area contributed by atoms with Crippen molar-refractivity contribution < 1.29 is 0 Å². The van der Waals surface area contributed by atoms with E-state index in [9.17, 15) is 0 Å². The number of anilines is 1. The number of nitrogens with one attached hydrogen (secondary N) is 1. The van der Waals surface area contributed by atoms with Gasteiger partial charge in [0, 0.05) is 12.1 Å². The number of guanidine groups is 1. The van der Waals surface area contributed by atoms with Crippen LogP contribution in [0.5, 0.6) is 0 Å². The van der Waals surface area contributed by atoms with Crippen molar-refractivity contribution in [1.82, 2.24) is 0 Å². The summed E-state index contributed by atoms with van der Waals surface area (Å²) in [7, 11) is 1.58. The van der Waals surface area contributed by atoms with Crippen LogP contribution in [-0.4, -0.2) is 13.0 Å². The van der Waals surface area contributed by atoms with Crippen molar-refractivity contribution in [2.45, 2.75) is 0 Å². The van der Waals surface area contributed by atoms with Crippen LogP contribution in [0.1, 0.15) is 0 Å². The van der Waals surface area contributed by atoms with Crippen LogP contribution >= 0.6 is 23.2 Å². The van der Waals surface area contributed by atoms with E-state index in [-0.39, 0.29) is 0 Å². The van der Waals surface area contributed by atoms with Gasteiger partial charge in [-0.2, -0.15) is 0 Å². The van der Waals surface area contributed by atoms with Gasteiger partial charge in [0.05, 0.1) is 10.7 Å². The average molecular weight is 218 g/mol. The Balaban J connectivity index is 2.94. The molecule has 1 aromatic rings. The maximum atomic E-state index is 5.87. The Morgan fingerprint density at radius 3 is 2.77 bits per heavy atom. The van der Waals surface area contributed by atoms with E-state index in [0.29, 0.717) is 21.7 Å². The zero-order valence-electron chi connectivity index (χ0n) is 7.01. The van der Waals surface area contributed by atoms with Crippen LogP contribution in [0.15, 0.2) is 23.2 Å². The molecule has 3 nitrogen and oxygen atoms in total. The molecule has 3 N–H and O–H groups in total. The summed E-state index contributed by atoms with van der Waals surface area (Å²) >= 11 is 11.6. The highest BCUT2D eigenvalue weighted by molar-refractivity contribution is 6.35. The summed E-state index contributed by atoms with van der Waals surface area (Å²) in [6.45, 7) is 0. The third-order valence-electron chi connectivity index (χ3n) is 1.43. The fraction of sp³-hybridized carbons (Fsp3) is 0.125. The molecule has 0 saturated carbocycles. The lowest BCUT2D eigenvalue weighted by atomic mass is 10.3. The molecule has 5 heteroatoms. The third kappa shape index (κ3) is 2.79. The van der Waals surface area contributed by atoms with E-state index in [2.05, 4.69) is 10.3 Å². The molecular weight excluding hydrogens is 209 g/mol. The van der Waals surface area contributed by atoms with Gasteiger partial charge in [-0.1, -0.05) is 23.2 Å². The minimum atomic E-state index is 0.296. The number of nitrogens with two attached hydrogens (primary N) is 1. The van der Waals surface area contributed by atoms with Gasteiger partial charge in [-0.3, -0.25) is 4.99 Å². The van der Waals surface area contributed by atoms with Crippen molar-refractivity contribution in [2.24, 2.45) is 10.7 Å². The second kappa shape index (κ2) is 4.35. The molecule has 0 bridgehead atoms. The van der Waals surface area contributed by atoms with E-state index < -0.39 is 0 Å². The fourth-order valence-corrected chi connectivity index (χ4v) is 1.12. The fourth-order valence-electron chi connectivity index (χ4n) is 0.787. The SMILES string of the molecule is CN=C(N)Nc1cc(Cl)ccc1Cl. The van der Waals surface area contributed by atoms with Gasteiger partial charge in [-0.15, -0.1) is 0 Å². The van der Waals surface area contributed by atoms with E-state index >= 15 is 0 Å². The molecular formula is C8H9Cl2N3. The van der Waals surface area contributed by atoms with Crippen LogP contribution in [0.2, 0.25) is 10.0 Å². The first-order valence-electron chi connectivity index (χ1n) is 3.58. The molecule has 0 unspecified atom stereocenters. The smallest absolute Gasteiger partial charge is 0.192 e. The van der Waals surface area contributed by atoms with E-state index in [0.717, 1.165) is 0 Å². The molecule has 1 aromatic carbocycles. The molecule has 0 spiro atoms. The topological polar surface area (TPSA) is 50.4 Å². The maximum Gasteiger partial charge on any atom is 0.192 e. The predicted octanol–water partition coefficient (Wildman–Crippen LogP) is 2.35. The van der Waals surface area contributed by atoms with E-state index in [1.54, 1.807) is 25.2 Å². The zero-order valence-corrected chi connectivity index (χ0v) is 8.52. The molecule has 0 aliphatic rings. The Bertz CT molecular complexity index is 336. The van der Waals surface area contributed by atoms with Crippen LogP contribution in [0.4, 0.5) is 5.69 Å². The summed E-state index contributed by atoms with van der Waals surface area (Å²) < 4.78 is 0. The number of rotatable bonds is 1. The van der Waals surface area contributed by atoms with Gasteiger partial charge in [-0.25, -0.2) is 0 Å². The van der Waals surface area contributed by atoms with Crippen molar-refractivity contribution in [3.63, 3.8) is 0 Å². The van der Waals surface area contributed by atoms with Crippen molar-refractivity contribution in [1.29, 1.82) is 0 Å². The van der Waals surface area contributed by atoms with Gasteiger partial charge in [-0.05, 0) is 18.2 Å². The van der Waals surface area contributed by atoms with Crippen molar-refractivity contribution in [3.05, 3.63) is 28.2 Å². The van der Waals surface area contributed by atoms with Crippen LogP contribution in [0.25, 0.3) is 0 Å². The number of benzene rings is 1. The number of nitrogens with zero attached hydrogens (tertiary/aromatic N) is 1. The Labute approximate surface area is 86.6 Å². The molecule has 0 radical (unpaired) electrons. The molecule has 70 valence electrons. The van der Waals surface area contributed by atoms with Crippen LogP contribution in [0, 0.1) is 0 Å². The number of aliphatic imine (C=N–C) groups is 1. The summed E-state index contributed by atoms with van der Waals surface area (Å²) in [4.78, 5) is 3.74. The Kier molecular flexibility index (Phi) is 3.39. The normalized spacial score (nSPS) is 11.5. The predicted molar refractivity (Wildman–Crippen MR) is 57.6 cm³/mol. The molecule has 1 rings (SSSR count). The van der Waals surface area contributed by atoms with Gasteiger partial charge in [0.1, 0.15) is 0 Å². The second-order valence-electron chi connectivity index (χ2n) is 2.36. The summed E-state index contributed by atoms with van der Waals surface area (Å²) in [5.74, 6) is 0.296. The minimum Gasteiger partial charge on any atom is -0.370 e. The summed E-state index contributed by atoms with van der Waals surface area (Å²) in [6.07, 6.45) is 0. The van der Waals surface area contributed by atoms with Crippen LogP contribution in [-0.2, 0) is 0 Å². The summed E-state index contributed by atoms with van der Waals surface area (Å²) in [5, 5.41) is 3.96. The minimum absolute atomic E-state index is 0.296. The van der Waals surface area contributed by atoms with Crippen LogP contribution in [0.3, 0.4) is 0 Å². The molecule has 0 aromatic heterocycles. The molecule has 0 fully saturated rings. The first-order valence-corrected chi connectivity index (χ1v) is 4.33. The first kappa shape index (κ1) is 10.2. The van der Waals surface area contributed by atoms with Gasteiger partial charge in [0.2, 0.25) is 0 Å². The molecule has 0 saturated heterocycles. The van der Waals surface area contributed by atoms with Gasteiger partial charge < -0.3 is 11.1 Å². The van der Waals surface area contributed by atoms with E-state index in [1.165, 1.54) is 0 Å². The zero-order chi connectivity index (χ0) is 9.84. The molecule has 13 heavy (non-hydrogen) atoms. The average Bonchev–Trinajstić information content (AvgIpc) is 2.11. The van der Waals surface area contributed by atoms with Crippen molar-refractivity contribution in [2.75, 3.05) is 12.4 Å². The second-order valence-corrected chi connectivity index (χ2v) is 3.20. The highest BCUT2D eigenvalue weighted by Crippen LogP contribution is 2.24. The van der Waals surface area contributed by atoms with E-state index in [1.807, 2.05) is 0 Å². The Morgan fingerprint density at radius 2 is 2.15 bits per heavy atom. The highest BCUT2D eigenvalue weighted by atomic mass is 35.5. The lowest BCUT2D eigenvalue weighted by molar-refractivity contribution is 1.38. The van der Waals surface area contributed by atoms with Gasteiger partial charge in [0.15, 0.2) is 5.96 Å². The number of hydrogen-bond donors (Lipinski definition) is 2. The quantitative estimate of drug-likeness (QED) is 0.561.